The lowest BCUT2D eigenvalue weighted by molar-refractivity contribution is -0.432. The van der Waals surface area contributed by atoms with Crippen LogP contribution in [-0.4, -0.2) is 251 Å². The molecule has 34 atom stereocenters. The van der Waals surface area contributed by atoms with Crippen molar-refractivity contribution < 1.29 is 131 Å². The molecule has 5 aliphatic heterocycles. The van der Waals surface area contributed by atoms with Crippen molar-refractivity contribution in [2.24, 2.45) is 46.3 Å². The fourth-order valence-electron chi connectivity index (χ4n) is 16.1. The largest absolute Gasteiger partial charge is 0.726 e. The van der Waals surface area contributed by atoms with E-state index in [1.54, 1.807) is 0 Å². The zero-order valence-corrected chi connectivity index (χ0v) is 50.7. The highest BCUT2D eigenvalue weighted by Gasteiger charge is 2.64. The number of fused-ring (bicyclic) bond motifs is 5. The molecule has 9 aliphatic rings. The average molecular weight is 1240 g/mol. The van der Waals surface area contributed by atoms with Gasteiger partial charge in [-0.2, -0.15) is 0 Å². The van der Waals surface area contributed by atoms with Gasteiger partial charge >= 0.3 is 0 Å². The number of rotatable bonds is 17. The maximum atomic E-state index is 12.5. The van der Waals surface area contributed by atoms with Gasteiger partial charge in [-0.15, -0.1) is 0 Å². The van der Waals surface area contributed by atoms with Gasteiger partial charge in [0.1, 0.15) is 91.6 Å². The number of hydrogen-bond donors (Lipinski definition) is 13. The molecule has 0 radical (unpaired) electrons. The molecule has 0 spiro atoms. The monoisotopic (exact) mass is 1240 g/mol. The van der Waals surface area contributed by atoms with E-state index in [9.17, 15) is 79.4 Å². The molecule has 5 saturated heterocycles. The van der Waals surface area contributed by atoms with Crippen molar-refractivity contribution in [1.82, 2.24) is 0 Å². The van der Waals surface area contributed by atoms with Crippen LogP contribution < -0.4 is 0 Å². The molecule has 492 valence electrons. The Morgan fingerprint density at radius 1 is 0.588 bits per heavy atom. The topological polar surface area (TPSA) is 422 Å². The number of ether oxygens (including phenoxy) is 10. The van der Waals surface area contributed by atoms with Crippen LogP contribution in [-0.2, 0) is 62.0 Å². The Morgan fingerprint density at radius 3 is 1.68 bits per heavy atom. The first-order chi connectivity index (χ1) is 39.6. The predicted octanol–water partition coefficient (Wildman–Crippen LogP) is -1.61. The van der Waals surface area contributed by atoms with E-state index in [-0.39, 0.29) is 41.9 Å². The third-order valence-corrected chi connectivity index (χ3v) is 21.4. The van der Waals surface area contributed by atoms with Gasteiger partial charge in [0.15, 0.2) is 31.5 Å². The van der Waals surface area contributed by atoms with E-state index >= 15 is 0 Å². The highest BCUT2D eigenvalue weighted by Crippen LogP contribution is 2.67. The molecule has 0 bridgehead atoms. The second kappa shape index (κ2) is 26.0. The quantitative estimate of drug-likeness (QED) is 0.0337. The van der Waals surface area contributed by atoms with Crippen molar-refractivity contribution in [3.63, 3.8) is 0 Å². The molecule has 0 amide bonds. The molecule has 8 fully saturated rings. The molecule has 28 heteroatoms. The van der Waals surface area contributed by atoms with Gasteiger partial charge in [-0.1, -0.05) is 46.3 Å². The Balaban J connectivity index is 0.999. The zero-order valence-electron chi connectivity index (χ0n) is 49.9. The van der Waals surface area contributed by atoms with Gasteiger partial charge in [0, 0.05) is 0 Å². The lowest BCUT2D eigenvalue weighted by Gasteiger charge is -2.60. The maximum Gasteiger partial charge on any atom is 0.219 e. The summed E-state index contributed by atoms with van der Waals surface area (Å²) in [5, 5.41) is 147. The van der Waals surface area contributed by atoms with Crippen LogP contribution in [0.5, 0.6) is 0 Å². The third-order valence-electron chi connectivity index (χ3n) is 20.9. The Kier molecular flexibility index (Phi) is 20.8. The SMILES string of the molecule is CC(C)CC(O)C[C@@H](C)[C@H]1CC[C@H]2[C@@H]3C[C@H](O[C@@H]4O[C@H](C)C(O)(O)[C@H](O[C@@H]5O[C@H](C)[C@@H](O[C@@H]6O[C@H](C)[C@H](O)[C@H](O)[C@H]6O[C@@H]6O[C@H](C)[C@H](O)[C@H](O)[C@H]6O)[C@H](O)[C@H]5O[C@@H]5O[C@H](C)[C@@H](O)[C@H](O)[C@H]5O)[C@H]4O)[C@H]4C[C@@H](OS(=O)(=O)[O-])CC[C@]4(C)C3=CC[C@]12C. The van der Waals surface area contributed by atoms with Crippen LogP contribution in [0.4, 0.5) is 0 Å². The van der Waals surface area contributed by atoms with Gasteiger partial charge in [-0.25, -0.2) is 8.42 Å². The summed E-state index contributed by atoms with van der Waals surface area (Å²) in [6, 6.07) is 0. The smallest absolute Gasteiger partial charge is 0.219 e. The molecular weight excluding hydrogens is 1150 g/mol. The van der Waals surface area contributed by atoms with Crippen LogP contribution >= 0.6 is 0 Å². The Bertz CT molecular complexity index is 2390. The van der Waals surface area contributed by atoms with Crippen molar-refractivity contribution in [3.8, 4) is 0 Å². The molecule has 3 saturated carbocycles. The summed E-state index contributed by atoms with van der Waals surface area (Å²) in [4.78, 5) is 0. The van der Waals surface area contributed by atoms with Gasteiger partial charge in [0.2, 0.25) is 16.2 Å². The van der Waals surface area contributed by atoms with E-state index in [2.05, 4.69) is 40.7 Å². The summed E-state index contributed by atoms with van der Waals surface area (Å²) >= 11 is 0. The lowest BCUT2D eigenvalue weighted by Crippen LogP contribution is -2.70. The normalized spacial score (nSPS) is 51.9. The standard InChI is InChI=1S/C57H96O27S/c1-21(2)17-28(58)18-22(3)31-11-12-32-30-20-35(34-19-29(84-85(71,72)73)13-15-56(34,10)33(30)14-16-55(31,32)9)79-52-45(68)49(57(69,70)27(8)78-52)83-54-48(82-51-43(66)40(63)37(60)24(5)75-51)44(67)46(26(7)77-54)80-53-47(41(64)38(61)25(6)76-53)81-50-42(65)39(62)36(59)23(4)74-50/h14,21-32,34-54,58-70H,11-13,15-20H2,1-10H3,(H,71,72,73)/p-1/t22-,23-,24-,25-,26-,27-,28?,29+,30+,31-,32+,34-,35+,36+,37-,38+,39+,40+,41+,42-,43-,44+,45-,46-,47-,48-,49-,50+,51+,52+,53+,54+,55-,56-/m1/s1. The Morgan fingerprint density at radius 2 is 1.11 bits per heavy atom. The van der Waals surface area contributed by atoms with E-state index in [1.807, 2.05) is 0 Å². The van der Waals surface area contributed by atoms with E-state index in [0.29, 0.717) is 31.6 Å². The zero-order chi connectivity index (χ0) is 62.5. The highest BCUT2D eigenvalue weighted by molar-refractivity contribution is 7.80. The second-order valence-electron chi connectivity index (χ2n) is 27.1. The molecule has 1 unspecified atom stereocenters. The predicted molar refractivity (Wildman–Crippen MR) is 288 cm³/mol. The molecule has 27 nitrogen and oxygen atoms in total. The highest BCUT2D eigenvalue weighted by atomic mass is 32.3. The van der Waals surface area contributed by atoms with Gasteiger partial charge in [0.25, 0.3) is 0 Å². The number of aliphatic hydroxyl groups is 13. The molecule has 5 heterocycles. The first kappa shape index (κ1) is 68.1. The summed E-state index contributed by atoms with van der Waals surface area (Å²) in [5.41, 5.74) is 0.406. The molecule has 9 rings (SSSR count). The van der Waals surface area contributed by atoms with Crippen LogP contribution in [0.1, 0.15) is 127 Å². The number of hydrogen-bond acceptors (Lipinski definition) is 27. The van der Waals surface area contributed by atoms with Crippen LogP contribution in [0.2, 0.25) is 0 Å². The fourth-order valence-corrected chi connectivity index (χ4v) is 16.7. The first-order valence-corrected chi connectivity index (χ1v) is 31.7. The van der Waals surface area contributed by atoms with Gasteiger partial charge in [-0.3, -0.25) is 4.18 Å². The minimum Gasteiger partial charge on any atom is -0.726 e. The average Bonchev–Trinajstić information content (AvgIpc) is 1.79. The van der Waals surface area contributed by atoms with Crippen LogP contribution in [0.25, 0.3) is 0 Å². The molecular formula is C57H95O27S-. The van der Waals surface area contributed by atoms with Crippen LogP contribution in [0.3, 0.4) is 0 Å². The molecule has 0 aromatic heterocycles. The summed E-state index contributed by atoms with van der Waals surface area (Å²) in [6.45, 7) is 17.6. The Hall–Kier alpha value is -1.31. The van der Waals surface area contributed by atoms with E-state index in [0.717, 1.165) is 19.3 Å². The molecule has 0 aromatic carbocycles. The lowest BCUT2D eigenvalue weighted by atomic mass is 9.47. The second-order valence-corrected chi connectivity index (χ2v) is 28.1. The minimum absolute atomic E-state index is 0.0648. The summed E-state index contributed by atoms with van der Waals surface area (Å²) in [7, 11) is -5.13. The minimum atomic E-state index is -5.13. The summed E-state index contributed by atoms with van der Waals surface area (Å²) in [6.07, 6.45) is -36.2. The van der Waals surface area contributed by atoms with E-state index in [4.69, 9.17) is 51.6 Å². The third kappa shape index (κ3) is 13.4. The van der Waals surface area contributed by atoms with Crippen molar-refractivity contribution in [3.05, 3.63) is 11.6 Å². The Labute approximate surface area is 496 Å². The molecule has 0 aromatic rings. The fraction of sp³-hybridized carbons (Fsp3) is 0.965. The van der Waals surface area contributed by atoms with Crippen LogP contribution in [0.15, 0.2) is 11.6 Å². The molecule has 85 heavy (non-hydrogen) atoms. The van der Waals surface area contributed by atoms with Crippen molar-refractivity contribution >= 4 is 10.4 Å². The van der Waals surface area contributed by atoms with Gasteiger partial charge < -0.3 is 118 Å². The number of aliphatic hydroxyl groups excluding tert-OH is 11. The summed E-state index contributed by atoms with van der Waals surface area (Å²) in [5.74, 6) is -2.68. The molecule has 13 N–H and O–H groups in total. The van der Waals surface area contributed by atoms with Crippen LogP contribution in [0, 0.1) is 46.3 Å². The summed E-state index contributed by atoms with van der Waals surface area (Å²) < 4.78 is 103. The van der Waals surface area contributed by atoms with Crippen molar-refractivity contribution in [2.75, 3.05) is 0 Å². The van der Waals surface area contributed by atoms with Crippen molar-refractivity contribution in [1.29, 1.82) is 0 Å². The molecule has 4 aliphatic carbocycles. The van der Waals surface area contributed by atoms with Crippen molar-refractivity contribution in [2.45, 2.75) is 299 Å². The van der Waals surface area contributed by atoms with Gasteiger partial charge in [-0.05, 0) is 139 Å². The number of allylic oxidation sites excluding steroid dienone is 2. The van der Waals surface area contributed by atoms with E-state index in [1.165, 1.54) is 40.2 Å². The maximum absolute atomic E-state index is 12.5. The first-order valence-electron chi connectivity index (χ1n) is 30.4. The van der Waals surface area contributed by atoms with E-state index < -0.39 is 193 Å². The van der Waals surface area contributed by atoms with Gasteiger partial charge in [0.05, 0.1) is 42.7 Å².